The number of benzene rings is 1. The van der Waals surface area contributed by atoms with Crippen molar-refractivity contribution in [3.8, 4) is 5.75 Å². The molecule has 16 heavy (non-hydrogen) atoms. The van der Waals surface area contributed by atoms with Gasteiger partial charge in [-0.05, 0) is 25.1 Å². The maximum atomic E-state index is 11.1. The number of phenolic OH excluding ortho intramolecular Hbond substituents is 1. The van der Waals surface area contributed by atoms with Crippen LogP contribution in [0.5, 0.6) is 5.75 Å². The molecule has 0 saturated carbocycles. The SMILES string of the molecule is CC.COC(=O)c1ccc(O)c(C(C)=O)c1. The molecule has 0 atom stereocenters. The number of esters is 1. The molecule has 0 aliphatic carbocycles. The van der Waals surface area contributed by atoms with Crippen molar-refractivity contribution in [2.24, 2.45) is 0 Å². The first kappa shape index (κ1) is 14.2. The van der Waals surface area contributed by atoms with Gasteiger partial charge in [-0.25, -0.2) is 4.79 Å². The number of methoxy groups -OCH3 is 1. The van der Waals surface area contributed by atoms with Gasteiger partial charge in [0.2, 0.25) is 0 Å². The number of carbonyl (C=O) groups is 2. The number of hydrogen-bond acceptors (Lipinski definition) is 4. The molecule has 88 valence electrons. The minimum absolute atomic E-state index is 0.118. The highest BCUT2D eigenvalue weighted by Gasteiger charge is 2.11. The van der Waals surface area contributed by atoms with Crippen LogP contribution in [0.3, 0.4) is 0 Å². The number of hydrogen-bond donors (Lipinski definition) is 1. The summed E-state index contributed by atoms with van der Waals surface area (Å²) in [6.07, 6.45) is 0. The van der Waals surface area contributed by atoms with Crippen LogP contribution in [0.15, 0.2) is 18.2 Å². The van der Waals surface area contributed by atoms with E-state index in [1.165, 1.54) is 32.2 Å². The Labute approximate surface area is 94.9 Å². The van der Waals surface area contributed by atoms with E-state index in [9.17, 15) is 14.7 Å². The van der Waals surface area contributed by atoms with E-state index in [1.54, 1.807) is 0 Å². The van der Waals surface area contributed by atoms with Gasteiger partial charge < -0.3 is 9.84 Å². The molecule has 1 rings (SSSR count). The van der Waals surface area contributed by atoms with Gasteiger partial charge in [-0.3, -0.25) is 4.79 Å². The normalized spacial score (nSPS) is 8.75. The van der Waals surface area contributed by atoms with Crippen molar-refractivity contribution in [3.63, 3.8) is 0 Å². The molecular weight excluding hydrogens is 208 g/mol. The molecule has 1 aromatic rings. The molecule has 0 aliphatic rings. The molecule has 0 unspecified atom stereocenters. The third-order valence-corrected chi connectivity index (χ3v) is 1.80. The molecule has 0 fully saturated rings. The summed E-state index contributed by atoms with van der Waals surface area (Å²) in [6.45, 7) is 5.32. The molecule has 4 nitrogen and oxygen atoms in total. The van der Waals surface area contributed by atoms with E-state index < -0.39 is 5.97 Å². The van der Waals surface area contributed by atoms with Crippen molar-refractivity contribution in [3.05, 3.63) is 29.3 Å². The first-order chi connectivity index (χ1) is 7.56. The summed E-state index contributed by atoms with van der Waals surface area (Å²) in [6, 6.07) is 4.00. The van der Waals surface area contributed by atoms with Crippen molar-refractivity contribution in [1.29, 1.82) is 0 Å². The summed E-state index contributed by atoms with van der Waals surface area (Å²) in [7, 11) is 1.25. The van der Waals surface area contributed by atoms with Crippen molar-refractivity contribution >= 4 is 11.8 Å². The van der Waals surface area contributed by atoms with Gasteiger partial charge in [0.05, 0.1) is 18.2 Å². The minimum Gasteiger partial charge on any atom is -0.507 e. The van der Waals surface area contributed by atoms with Crippen LogP contribution in [0.25, 0.3) is 0 Å². The minimum atomic E-state index is -0.535. The van der Waals surface area contributed by atoms with Crippen LogP contribution in [-0.2, 0) is 4.74 Å². The molecule has 1 N–H and O–H groups in total. The molecular formula is C12H16O4. The molecule has 0 amide bonds. The van der Waals surface area contributed by atoms with Gasteiger partial charge >= 0.3 is 5.97 Å². The second-order valence-electron chi connectivity index (χ2n) is 2.78. The molecule has 1 aromatic carbocycles. The Morgan fingerprint density at radius 3 is 2.25 bits per heavy atom. The van der Waals surface area contributed by atoms with Crippen molar-refractivity contribution in [2.75, 3.05) is 7.11 Å². The average molecular weight is 224 g/mol. The maximum Gasteiger partial charge on any atom is 0.337 e. The van der Waals surface area contributed by atoms with Crippen LogP contribution in [0.4, 0.5) is 0 Å². The highest BCUT2D eigenvalue weighted by molar-refractivity contribution is 5.99. The zero-order chi connectivity index (χ0) is 12.7. The van der Waals surface area contributed by atoms with E-state index in [4.69, 9.17) is 0 Å². The van der Waals surface area contributed by atoms with Crippen molar-refractivity contribution in [1.82, 2.24) is 0 Å². The lowest BCUT2D eigenvalue weighted by atomic mass is 10.1. The standard InChI is InChI=1S/C10H10O4.C2H6/c1-6(11)8-5-7(10(13)14-2)3-4-9(8)12;1-2/h3-5,12H,1-2H3;1-2H3. The Kier molecular flexibility index (Phi) is 5.85. The predicted molar refractivity (Wildman–Crippen MR) is 60.8 cm³/mol. The number of ketones is 1. The van der Waals surface area contributed by atoms with Gasteiger partial charge in [-0.1, -0.05) is 13.8 Å². The van der Waals surface area contributed by atoms with Gasteiger partial charge in [0.1, 0.15) is 5.75 Å². The van der Waals surface area contributed by atoms with E-state index >= 15 is 0 Å². The zero-order valence-electron chi connectivity index (χ0n) is 9.90. The van der Waals surface area contributed by atoms with E-state index in [-0.39, 0.29) is 22.7 Å². The van der Waals surface area contributed by atoms with Crippen LogP contribution >= 0.6 is 0 Å². The first-order valence-electron chi connectivity index (χ1n) is 4.98. The fraction of sp³-hybridized carbons (Fsp3) is 0.333. The summed E-state index contributed by atoms with van der Waals surface area (Å²) in [5, 5.41) is 9.29. The van der Waals surface area contributed by atoms with Crippen LogP contribution in [0.1, 0.15) is 41.5 Å². The predicted octanol–water partition coefficient (Wildman–Crippen LogP) is 2.41. The molecule has 0 aromatic heterocycles. The molecule has 0 bridgehead atoms. The number of rotatable bonds is 2. The zero-order valence-corrected chi connectivity index (χ0v) is 9.90. The van der Waals surface area contributed by atoms with E-state index in [0.29, 0.717) is 0 Å². The lowest BCUT2D eigenvalue weighted by Crippen LogP contribution is -2.03. The van der Waals surface area contributed by atoms with Crippen LogP contribution in [0, 0.1) is 0 Å². The fourth-order valence-electron chi connectivity index (χ4n) is 1.06. The van der Waals surface area contributed by atoms with Crippen LogP contribution in [-0.4, -0.2) is 24.0 Å². The van der Waals surface area contributed by atoms with Gasteiger partial charge in [0.15, 0.2) is 5.78 Å². The molecule has 0 spiro atoms. The van der Waals surface area contributed by atoms with E-state index in [0.717, 1.165) is 0 Å². The van der Waals surface area contributed by atoms with Crippen LogP contribution in [0.2, 0.25) is 0 Å². The quantitative estimate of drug-likeness (QED) is 0.619. The number of Topliss-reactive ketones (excluding diaryl/α,β-unsaturated/α-hetero) is 1. The largest absolute Gasteiger partial charge is 0.507 e. The van der Waals surface area contributed by atoms with Crippen molar-refractivity contribution in [2.45, 2.75) is 20.8 Å². The Morgan fingerprint density at radius 2 is 1.81 bits per heavy atom. The lowest BCUT2D eigenvalue weighted by Gasteiger charge is -2.03. The molecule has 0 radical (unpaired) electrons. The van der Waals surface area contributed by atoms with Crippen molar-refractivity contribution < 1.29 is 19.4 Å². The summed E-state index contributed by atoms with van der Waals surface area (Å²) in [5.74, 6) is -0.967. The Balaban J connectivity index is 0.00000106. The molecule has 4 heteroatoms. The summed E-state index contributed by atoms with van der Waals surface area (Å²) < 4.78 is 4.48. The number of phenols is 1. The maximum absolute atomic E-state index is 11.1. The Bertz CT molecular complexity index is 383. The fourth-order valence-corrected chi connectivity index (χ4v) is 1.06. The van der Waals surface area contributed by atoms with Gasteiger partial charge in [-0.15, -0.1) is 0 Å². The smallest absolute Gasteiger partial charge is 0.337 e. The summed E-state index contributed by atoms with van der Waals surface area (Å²) >= 11 is 0. The van der Waals surface area contributed by atoms with Gasteiger partial charge in [0, 0.05) is 0 Å². The van der Waals surface area contributed by atoms with Gasteiger partial charge in [0.25, 0.3) is 0 Å². The molecule has 0 aliphatic heterocycles. The molecule has 0 heterocycles. The van der Waals surface area contributed by atoms with Crippen LogP contribution < -0.4 is 0 Å². The summed E-state index contributed by atoms with van der Waals surface area (Å²) in [4.78, 5) is 22.1. The molecule has 0 saturated heterocycles. The Hall–Kier alpha value is -1.84. The topological polar surface area (TPSA) is 63.6 Å². The third-order valence-electron chi connectivity index (χ3n) is 1.80. The average Bonchev–Trinajstić information content (AvgIpc) is 2.31. The van der Waals surface area contributed by atoms with Gasteiger partial charge in [-0.2, -0.15) is 0 Å². The highest BCUT2D eigenvalue weighted by Crippen LogP contribution is 2.19. The first-order valence-corrected chi connectivity index (χ1v) is 4.98. The Morgan fingerprint density at radius 1 is 1.25 bits per heavy atom. The summed E-state index contributed by atoms with van der Waals surface area (Å²) in [5.41, 5.74) is 0.364. The monoisotopic (exact) mass is 224 g/mol. The highest BCUT2D eigenvalue weighted by atomic mass is 16.5. The number of ether oxygens (including phenoxy) is 1. The third kappa shape index (κ3) is 3.38. The number of carbonyl (C=O) groups excluding carboxylic acids is 2. The second-order valence-corrected chi connectivity index (χ2v) is 2.78. The van der Waals surface area contributed by atoms with E-state index in [1.807, 2.05) is 13.8 Å². The lowest BCUT2D eigenvalue weighted by molar-refractivity contribution is 0.0600. The van der Waals surface area contributed by atoms with E-state index in [2.05, 4.69) is 4.74 Å². The number of aromatic hydroxyl groups is 1. The second kappa shape index (κ2) is 6.61.